The van der Waals surface area contributed by atoms with Crippen molar-refractivity contribution < 1.29 is 9.53 Å². The van der Waals surface area contributed by atoms with Gasteiger partial charge in [-0.2, -0.15) is 0 Å². The zero-order chi connectivity index (χ0) is 20.9. The molecule has 4 nitrogen and oxygen atoms in total. The third-order valence-electron chi connectivity index (χ3n) is 4.75. The number of hydrogen-bond acceptors (Lipinski definition) is 4. The van der Waals surface area contributed by atoms with Gasteiger partial charge in [-0.15, -0.1) is 0 Å². The summed E-state index contributed by atoms with van der Waals surface area (Å²) in [5, 5.41) is 3.41. The second-order valence-electron chi connectivity index (χ2n) is 7.10. The van der Waals surface area contributed by atoms with E-state index < -0.39 is 0 Å². The average molecular weight is 415 g/mol. The second kappa shape index (κ2) is 9.01. The molecule has 0 radical (unpaired) electrons. The van der Waals surface area contributed by atoms with E-state index in [1.807, 2.05) is 73.7 Å². The molecule has 0 aromatic heterocycles. The van der Waals surface area contributed by atoms with E-state index in [4.69, 9.17) is 4.74 Å². The summed E-state index contributed by atoms with van der Waals surface area (Å²) in [4.78, 5) is 17.4. The number of carbonyl (C=O) groups is 1. The molecule has 1 heterocycles. The number of ether oxygens (including phenoxy) is 1. The summed E-state index contributed by atoms with van der Waals surface area (Å²) in [7, 11) is 0. The van der Waals surface area contributed by atoms with E-state index in [-0.39, 0.29) is 5.91 Å². The summed E-state index contributed by atoms with van der Waals surface area (Å²) >= 11 is 1.35. The third-order valence-corrected chi connectivity index (χ3v) is 5.66. The minimum Gasteiger partial charge on any atom is -0.489 e. The number of amidine groups is 1. The highest BCUT2D eigenvalue weighted by Gasteiger charge is 2.23. The number of benzene rings is 3. The summed E-state index contributed by atoms with van der Waals surface area (Å²) in [6.45, 7) is 4.64. The topological polar surface area (TPSA) is 50.7 Å². The standard InChI is InChI=1S/C25H22N2O2S/c1-17-7-11-21(12-8-17)26-25-27-24(28)23(30-25)15-19-9-13-22(14-10-19)29-16-20-6-4-3-5-18(20)2/h3-15H,16H2,1-2H3,(H,26,27,28)/b23-15-. The molecule has 0 unspecified atom stereocenters. The predicted molar refractivity (Wildman–Crippen MR) is 124 cm³/mol. The van der Waals surface area contributed by atoms with E-state index in [9.17, 15) is 4.79 Å². The van der Waals surface area contributed by atoms with E-state index in [0.717, 1.165) is 17.0 Å². The summed E-state index contributed by atoms with van der Waals surface area (Å²) in [6, 6.07) is 23.8. The molecule has 30 heavy (non-hydrogen) atoms. The Morgan fingerprint density at radius 3 is 2.43 bits per heavy atom. The van der Waals surface area contributed by atoms with Crippen molar-refractivity contribution in [2.24, 2.45) is 4.99 Å². The van der Waals surface area contributed by atoms with Gasteiger partial charge in [0.1, 0.15) is 12.4 Å². The monoisotopic (exact) mass is 414 g/mol. The molecule has 3 aromatic rings. The van der Waals surface area contributed by atoms with Crippen LogP contribution in [0.15, 0.2) is 82.7 Å². The fraction of sp³-hybridized carbons (Fsp3) is 0.120. The van der Waals surface area contributed by atoms with Crippen LogP contribution in [-0.2, 0) is 11.4 Å². The van der Waals surface area contributed by atoms with E-state index in [2.05, 4.69) is 29.4 Å². The maximum atomic E-state index is 12.3. The Morgan fingerprint density at radius 2 is 1.70 bits per heavy atom. The van der Waals surface area contributed by atoms with Crippen LogP contribution in [0.1, 0.15) is 22.3 Å². The molecule has 4 rings (SSSR count). The van der Waals surface area contributed by atoms with Gasteiger partial charge in [-0.25, -0.2) is 4.99 Å². The Labute approximate surface area is 180 Å². The lowest BCUT2D eigenvalue weighted by atomic mass is 10.1. The fourth-order valence-electron chi connectivity index (χ4n) is 2.96. The molecule has 1 saturated heterocycles. The molecule has 1 fully saturated rings. The Kier molecular flexibility index (Phi) is 6.00. The zero-order valence-electron chi connectivity index (χ0n) is 16.9. The first-order chi connectivity index (χ1) is 14.6. The van der Waals surface area contributed by atoms with Crippen LogP contribution in [0.5, 0.6) is 5.75 Å². The van der Waals surface area contributed by atoms with Crippen molar-refractivity contribution in [3.05, 3.63) is 100.0 Å². The highest BCUT2D eigenvalue weighted by atomic mass is 32.2. The maximum absolute atomic E-state index is 12.3. The number of hydrogen-bond donors (Lipinski definition) is 1. The number of carbonyl (C=O) groups excluding carboxylic acids is 1. The van der Waals surface area contributed by atoms with Crippen LogP contribution in [0.25, 0.3) is 6.08 Å². The largest absolute Gasteiger partial charge is 0.489 e. The quantitative estimate of drug-likeness (QED) is 0.539. The van der Waals surface area contributed by atoms with Crippen molar-refractivity contribution >= 4 is 34.6 Å². The molecule has 1 amide bonds. The van der Waals surface area contributed by atoms with Gasteiger partial charge >= 0.3 is 0 Å². The number of thioether (sulfide) groups is 1. The summed E-state index contributed by atoms with van der Waals surface area (Å²) in [5.41, 5.74) is 5.32. The van der Waals surface area contributed by atoms with Crippen LogP contribution >= 0.6 is 11.8 Å². The van der Waals surface area contributed by atoms with Crippen LogP contribution in [0.3, 0.4) is 0 Å². The lowest BCUT2D eigenvalue weighted by Crippen LogP contribution is -2.19. The highest BCUT2D eigenvalue weighted by Crippen LogP contribution is 2.28. The van der Waals surface area contributed by atoms with E-state index in [1.165, 1.54) is 28.5 Å². The minimum absolute atomic E-state index is 0.134. The molecule has 150 valence electrons. The van der Waals surface area contributed by atoms with Crippen LogP contribution in [0.4, 0.5) is 5.69 Å². The third kappa shape index (κ3) is 4.99. The van der Waals surface area contributed by atoms with Crippen LogP contribution in [-0.4, -0.2) is 11.1 Å². The molecule has 5 heteroatoms. The van der Waals surface area contributed by atoms with Gasteiger partial charge in [-0.3, -0.25) is 4.79 Å². The number of nitrogens with one attached hydrogen (secondary N) is 1. The molecular weight excluding hydrogens is 392 g/mol. The fourth-order valence-corrected chi connectivity index (χ4v) is 3.80. The Hall–Kier alpha value is -3.31. The average Bonchev–Trinajstić information content (AvgIpc) is 3.09. The maximum Gasteiger partial charge on any atom is 0.264 e. The molecule has 0 bridgehead atoms. The highest BCUT2D eigenvalue weighted by molar-refractivity contribution is 8.18. The molecule has 0 spiro atoms. The molecule has 0 saturated carbocycles. The predicted octanol–water partition coefficient (Wildman–Crippen LogP) is 5.77. The van der Waals surface area contributed by atoms with Gasteiger partial charge < -0.3 is 10.1 Å². The number of aryl methyl sites for hydroxylation is 2. The first kappa shape index (κ1) is 20.0. The van der Waals surface area contributed by atoms with Gasteiger partial charge in [-0.1, -0.05) is 54.1 Å². The van der Waals surface area contributed by atoms with Crippen LogP contribution in [0, 0.1) is 13.8 Å². The second-order valence-corrected chi connectivity index (χ2v) is 8.13. The van der Waals surface area contributed by atoms with Crippen molar-refractivity contribution in [1.82, 2.24) is 5.32 Å². The first-order valence-electron chi connectivity index (χ1n) is 9.70. The zero-order valence-corrected chi connectivity index (χ0v) is 17.7. The summed E-state index contributed by atoms with van der Waals surface area (Å²) in [6.07, 6.45) is 1.86. The van der Waals surface area contributed by atoms with Gasteiger partial charge in [0.25, 0.3) is 5.91 Å². The van der Waals surface area contributed by atoms with E-state index in [1.54, 1.807) is 0 Å². The van der Waals surface area contributed by atoms with E-state index >= 15 is 0 Å². The van der Waals surface area contributed by atoms with Crippen LogP contribution < -0.4 is 10.1 Å². The number of aliphatic imine (C=N–C) groups is 1. The van der Waals surface area contributed by atoms with Gasteiger partial charge in [0.2, 0.25) is 0 Å². The van der Waals surface area contributed by atoms with Gasteiger partial charge in [0.15, 0.2) is 5.17 Å². The summed E-state index contributed by atoms with van der Waals surface area (Å²) < 4.78 is 5.89. The molecular formula is C25H22N2O2S. The van der Waals surface area contributed by atoms with Gasteiger partial charge in [0, 0.05) is 0 Å². The molecule has 0 atom stereocenters. The molecule has 1 aliphatic rings. The first-order valence-corrected chi connectivity index (χ1v) is 10.5. The lowest BCUT2D eigenvalue weighted by molar-refractivity contribution is -0.115. The van der Waals surface area contributed by atoms with Crippen LogP contribution in [0.2, 0.25) is 0 Å². The van der Waals surface area contributed by atoms with Crippen molar-refractivity contribution in [2.45, 2.75) is 20.5 Å². The van der Waals surface area contributed by atoms with Crippen molar-refractivity contribution in [3.8, 4) is 5.75 Å². The number of nitrogens with zero attached hydrogens (tertiary/aromatic N) is 1. The van der Waals surface area contributed by atoms with Crippen molar-refractivity contribution in [1.29, 1.82) is 0 Å². The Bertz CT molecular complexity index is 1120. The van der Waals surface area contributed by atoms with Gasteiger partial charge in [0.05, 0.1) is 10.6 Å². The molecule has 1 N–H and O–H groups in total. The number of amides is 1. The minimum atomic E-state index is -0.134. The molecule has 0 aliphatic carbocycles. The number of rotatable bonds is 5. The van der Waals surface area contributed by atoms with Crippen molar-refractivity contribution in [2.75, 3.05) is 0 Å². The molecule has 3 aromatic carbocycles. The lowest BCUT2D eigenvalue weighted by Gasteiger charge is -2.08. The van der Waals surface area contributed by atoms with Gasteiger partial charge in [-0.05, 0) is 72.6 Å². The summed E-state index contributed by atoms with van der Waals surface area (Å²) in [5.74, 6) is 0.663. The normalized spacial score (nSPS) is 16.1. The Balaban J connectivity index is 1.41. The van der Waals surface area contributed by atoms with Crippen molar-refractivity contribution in [3.63, 3.8) is 0 Å². The molecule has 1 aliphatic heterocycles. The van der Waals surface area contributed by atoms with E-state index in [0.29, 0.717) is 16.7 Å². The Morgan fingerprint density at radius 1 is 0.967 bits per heavy atom. The SMILES string of the molecule is Cc1ccc(N=C2NC(=O)/C(=C/c3ccc(OCc4ccccc4C)cc3)S2)cc1. The smallest absolute Gasteiger partial charge is 0.264 e.